The Morgan fingerprint density at radius 3 is 2.48 bits per heavy atom. The molecule has 0 aliphatic rings. The van der Waals surface area contributed by atoms with Crippen LogP contribution in [0.2, 0.25) is 0 Å². The molecule has 0 fully saturated rings. The van der Waals surface area contributed by atoms with Gasteiger partial charge >= 0.3 is 0 Å². The average molecular weight is 303 g/mol. The van der Waals surface area contributed by atoms with Crippen molar-refractivity contribution >= 4 is 10.0 Å². The van der Waals surface area contributed by atoms with E-state index in [4.69, 9.17) is 0 Å². The smallest absolute Gasteiger partial charge is 0.207 e. The van der Waals surface area contributed by atoms with Crippen molar-refractivity contribution in [2.24, 2.45) is 0 Å². The van der Waals surface area contributed by atoms with Gasteiger partial charge < -0.3 is 0 Å². The second-order valence-corrected chi connectivity index (χ2v) is 6.70. The molecule has 0 unspecified atom stereocenters. The van der Waals surface area contributed by atoms with Gasteiger partial charge in [0.05, 0.1) is 11.4 Å². The van der Waals surface area contributed by atoms with Gasteiger partial charge in [-0.05, 0) is 32.9 Å². The molecule has 0 aliphatic carbocycles. The van der Waals surface area contributed by atoms with Crippen molar-refractivity contribution in [1.29, 1.82) is 0 Å². The summed E-state index contributed by atoms with van der Waals surface area (Å²) in [5.74, 6) is 5.57. The Labute approximate surface area is 128 Å². The average Bonchev–Trinajstić information content (AvgIpc) is 2.44. The molecule has 0 radical (unpaired) electrons. The normalized spacial score (nSPS) is 11.9. The Kier molecular flexibility index (Phi) is 6.41. The van der Waals surface area contributed by atoms with Crippen LogP contribution in [-0.4, -0.2) is 25.8 Å². The number of sulfonamides is 1. The minimum atomic E-state index is -3.55. The third kappa shape index (κ3) is 4.89. The van der Waals surface area contributed by atoms with Crippen molar-refractivity contribution in [3.8, 4) is 11.8 Å². The molecule has 4 heteroatoms. The number of aryl methyl sites for hydroxylation is 1. The van der Waals surface area contributed by atoms with Gasteiger partial charge in [0.25, 0.3) is 0 Å². The summed E-state index contributed by atoms with van der Waals surface area (Å²) in [4.78, 5) is 0.289. The molecule has 0 amide bonds. The zero-order chi connectivity index (χ0) is 15.9. The number of allylic oxidation sites excluding steroid dienone is 2. The van der Waals surface area contributed by atoms with E-state index in [1.54, 1.807) is 43.3 Å². The van der Waals surface area contributed by atoms with Crippen LogP contribution in [0, 0.1) is 18.8 Å². The van der Waals surface area contributed by atoms with Gasteiger partial charge in [-0.15, -0.1) is 5.92 Å². The maximum Gasteiger partial charge on any atom is 0.244 e. The summed E-state index contributed by atoms with van der Waals surface area (Å²) in [6.07, 6.45) is 3.45. The summed E-state index contributed by atoms with van der Waals surface area (Å²) in [5.41, 5.74) is 1.94. The minimum Gasteiger partial charge on any atom is -0.207 e. The van der Waals surface area contributed by atoms with E-state index in [2.05, 4.69) is 18.4 Å². The molecule has 1 rings (SSSR count). The number of nitrogens with zero attached hydrogens (tertiary/aromatic N) is 1. The van der Waals surface area contributed by atoms with Gasteiger partial charge in [0.15, 0.2) is 0 Å². The summed E-state index contributed by atoms with van der Waals surface area (Å²) >= 11 is 0. The number of benzene rings is 1. The van der Waals surface area contributed by atoms with Gasteiger partial charge in [0, 0.05) is 6.54 Å². The van der Waals surface area contributed by atoms with Crippen LogP contribution in [0.1, 0.15) is 19.4 Å². The van der Waals surface area contributed by atoms with Crippen molar-refractivity contribution < 1.29 is 8.42 Å². The van der Waals surface area contributed by atoms with Crippen molar-refractivity contribution in [3.05, 3.63) is 54.1 Å². The molecule has 112 valence electrons. The highest BCUT2D eigenvalue weighted by molar-refractivity contribution is 7.89. The van der Waals surface area contributed by atoms with E-state index in [-0.39, 0.29) is 11.4 Å². The van der Waals surface area contributed by atoms with Crippen LogP contribution in [0.5, 0.6) is 0 Å². The molecule has 0 N–H and O–H groups in total. The molecule has 0 spiro atoms. The van der Waals surface area contributed by atoms with Crippen LogP contribution < -0.4 is 0 Å². The first-order chi connectivity index (χ1) is 9.91. The van der Waals surface area contributed by atoms with Gasteiger partial charge in [-0.25, -0.2) is 8.42 Å². The lowest BCUT2D eigenvalue weighted by molar-refractivity contribution is 0.471. The van der Waals surface area contributed by atoms with Crippen LogP contribution in [0.15, 0.2) is 53.5 Å². The van der Waals surface area contributed by atoms with Gasteiger partial charge in [0.2, 0.25) is 10.0 Å². The fourth-order valence-electron chi connectivity index (χ4n) is 1.78. The molecule has 1 aromatic rings. The van der Waals surface area contributed by atoms with Gasteiger partial charge in [-0.2, -0.15) is 4.31 Å². The highest BCUT2D eigenvalue weighted by atomic mass is 32.2. The Morgan fingerprint density at radius 1 is 1.33 bits per heavy atom. The van der Waals surface area contributed by atoms with Crippen LogP contribution in [0.25, 0.3) is 0 Å². The van der Waals surface area contributed by atoms with Crippen molar-refractivity contribution in [1.82, 2.24) is 4.31 Å². The third-order valence-corrected chi connectivity index (χ3v) is 4.72. The molecular formula is C17H21NO2S. The zero-order valence-electron chi connectivity index (χ0n) is 12.8. The second kappa shape index (κ2) is 7.82. The van der Waals surface area contributed by atoms with E-state index in [9.17, 15) is 8.42 Å². The molecule has 0 aromatic heterocycles. The van der Waals surface area contributed by atoms with E-state index in [1.165, 1.54) is 4.31 Å². The molecule has 21 heavy (non-hydrogen) atoms. The Balaban J connectivity index is 3.15. The van der Waals surface area contributed by atoms with E-state index in [0.717, 1.165) is 11.1 Å². The lowest BCUT2D eigenvalue weighted by Gasteiger charge is -2.20. The van der Waals surface area contributed by atoms with E-state index in [0.29, 0.717) is 6.54 Å². The van der Waals surface area contributed by atoms with E-state index < -0.39 is 10.0 Å². The number of rotatable bonds is 6. The Morgan fingerprint density at radius 2 is 1.95 bits per heavy atom. The topological polar surface area (TPSA) is 37.4 Å². The molecule has 0 aliphatic heterocycles. The monoisotopic (exact) mass is 303 g/mol. The van der Waals surface area contributed by atoms with Crippen LogP contribution >= 0.6 is 0 Å². The number of hydrogen-bond donors (Lipinski definition) is 0. The Hall–Kier alpha value is -1.83. The maximum atomic E-state index is 12.7. The maximum absolute atomic E-state index is 12.7. The first-order valence-electron chi connectivity index (χ1n) is 6.66. The zero-order valence-corrected chi connectivity index (χ0v) is 13.6. The molecule has 0 bridgehead atoms. The SMILES string of the molecule is C=C/C=C(\C)CN(CC#CC)S(=O)(=O)c1ccc(C)cc1. The standard InChI is InChI=1S/C17H21NO2S/c1-5-7-13-18(14-16(4)8-6-2)21(19,20)17-11-9-15(3)10-12-17/h6,8-12H,2,13-14H2,1,3-4H3/b16-8+. The molecular weight excluding hydrogens is 282 g/mol. The van der Waals surface area contributed by atoms with Crippen molar-refractivity contribution in [2.75, 3.05) is 13.1 Å². The van der Waals surface area contributed by atoms with Crippen LogP contribution in [0.4, 0.5) is 0 Å². The molecule has 0 saturated heterocycles. The van der Waals surface area contributed by atoms with Crippen LogP contribution in [0.3, 0.4) is 0 Å². The first-order valence-corrected chi connectivity index (χ1v) is 8.10. The quantitative estimate of drug-likeness (QED) is 0.598. The molecule has 0 atom stereocenters. The van der Waals surface area contributed by atoms with Crippen molar-refractivity contribution in [2.45, 2.75) is 25.7 Å². The first kappa shape index (κ1) is 17.2. The lowest BCUT2D eigenvalue weighted by atomic mass is 10.2. The predicted octanol–water partition coefficient (Wildman–Crippen LogP) is 3.14. The Bertz CT molecular complexity index is 674. The highest BCUT2D eigenvalue weighted by Crippen LogP contribution is 2.17. The summed E-state index contributed by atoms with van der Waals surface area (Å²) in [6, 6.07) is 6.85. The summed E-state index contributed by atoms with van der Waals surface area (Å²) in [6.45, 7) is 9.60. The van der Waals surface area contributed by atoms with Gasteiger partial charge in [-0.3, -0.25) is 0 Å². The lowest BCUT2D eigenvalue weighted by Crippen LogP contribution is -2.33. The second-order valence-electron chi connectivity index (χ2n) is 4.76. The molecule has 1 aromatic carbocycles. The predicted molar refractivity (Wildman–Crippen MR) is 87.3 cm³/mol. The summed E-state index contributed by atoms with van der Waals surface area (Å²) < 4.78 is 26.8. The third-order valence-electron chi connectivity index (χ3n) is 2.92. The summed E-state index contributed by atoms with van der Waals surface area (Å²) in [5, 5.41) is 0. The fourth-order valence-corrected chi connectivity index (χ4v) is 3.17. The van der Waals surface area contributed by atoms with Crippen molar-refractivity contribution in [3.63, 3.8) is 0 Å². The highest BCUT2D eigenvalue weighted by Gasteiger charge is 2.23. The fraction of sp³-hybridized carbons (Fsp3) is 0.294. The minimum absolute atomic E-state index is 0.176. The largest absolute Gasteiger partial charge is 0.244 e. The molecule has 0 saturated carbocycles. The molecule has 0 heterocycles. The van der Waals surface area contributed by atoms with Gasteiger partial charge in [0.1, 0.15) is 0 Å². The van der Waals surface area contributed by atoms with Gasteiger partial charge in [-0.1, -0.05) is 47.9 Å². The number of hydrogen-bond acceptors (Lipinski definition) is 2. The van der Waals surface area contributed by atoms with E-state index in [1.807, 2.05) is 13.8 Å². The summed E-state index contributed by atoms with van der Waals surface area (Å²) in [7, 11) is -3.55. The van der Waals surface area contributed by atoms with Crippen LogP contribution in [-0.2, 0) is 10.0 Å². The molecule has 3 nitrogen and oxygen atoms in total. The van der Waals surface area contributed by atoms with E-state index >= 15 is 0 Å².